The van der Waals surface area contributed by atoms with Crippen LogP contribution in [0.3, 0.4) is 0 Å². The zero-order valence-corrected chi connectivity index (χ0v) is 13.3. The van der Waals surface area contributed by atoms with Crippen molar-refractivity contribution in [2.24, 2.45) is 5.73 Å². The van der Waals surface area contributed by atoms with Gasteiger partial charge in [0, 0.05) is 11.9 Å². The standard InChI is InChI=1S/C14H18N4OS.ClH/c15-14(6-2-3-7-14)13-17-12(19-18-13)10-20-9-11-5-1-4-8-16-11;/h1,4-5,8H,2-3,6-7,9-10,15H2;1H. The molecule has 1 fully saturated rings. The Balaban J connectivity index is 0.00000161. The largest absolute Gasteiger partial charge is 0.338 e. The van der Waals surface area contributed by atoms with Crippen LogP contribution in [0.1, 0.15) is 43.1 Å². The Morgan fingerprint density at radius 2 is 2.05 bits per heavy atom. The van der Waals surface area contributed by atoms with Crippen molar-refractivity contribution < 1.29 is 4.52 Å². The van der Waals surface area contributed by atoms with Gasteiger partial charge < -0.3 is 10.3 Å². The molecule has 0 radical (unpaired) electrons. The summed E-state index contributed by atoms with van der Waals surface area (Å²) in [5.74, 6) is 2.85. The average Bonchev–Trinajstić information content (AvgIpc) is 3.10. The molecule has 0 aromatic carbocycles. The number of pyridine rings is 1. The lowest BCUT2D eigenvalue weighted by atomic mass is 9.99. The van der Waals surface area contributed by atoms with Crippen LogP contribution in [0.5, 0.6) is 0 Å². The minimum absolute atomic E-state index is 0. The molecule has 0 amide bonds. The zero-order valence-electron chi connectivity index (χ0n) is 11.7. The molecular weight excluding hydrogens is 308 g/mol. The molecule has 0 aliphatic heterocycles. The summed E-state index contributed by atoms with van der Waals surface area (Å²) in [5.41, 5.74) is 7.00. The van der Waals surface area contributed by atoms with Crippen molar-refractivity contribution in [2.45, 2.75) is 42.7 Å². The number of hydrogen-bond donors (Lipinski definition) is 1. The Morgan fingerprint density at radius 1 is 1.24 bits per heavy atom. The van der Waals surface area contributed by atoms with E-state index in [1.165, 1.54) is 0 Å². The maximum absolute atomic E-state index is 6.31. The highest BCUT2D eigenvalue weighted by molar-refractivity contribution is 7.97. The summed E-state index contributed by atoms with van der Waals surface area (Å²) in [5, 5.41) is 4.06. The first-order chi connectivity index (χ1) is 9.76. The summed E-state index contributed by atoms with van der Waals surface area (Å²) in [6.07, 6.45) is 6.00. The number of halogens is 1. The van der Waals surface area contributed by atoms with Crippen LogP contribution >= 0.6 is 24.2 Å². The van der Waals surface area contributed by atoms with Gasteiger partial charge in [-0.2, -0.15) is 4.98 Å². The van der Waals surface area contributed by atoms with Crippen molar-refractivity contribution in [3.8, 4) is 0 Å². The fourth-order valence-corrected chi connectivity index (χ4v) is 3.25. The molecule has 5 nitrogen and oxygen atoms in total. The van der Waals surface area contributed by atoms with Crippen LogP contribution in [0.25, 0.3) is 0 Å². The van der Waals surface area contributed by atoms with Crippen LogP contribution < -0.4 is 5.73 Å². The third-order valence-electron chi connectivity index (χ3n) is 3.61. The number of nitrogens with two attached hydrogens (primary N) is 1. The van der Waals surface area contributed by atoms with E-state index in [2.05, 4.69) is 15.1 Å². The third-order valence-corrected chi connectivity index (χ3v) is 4.56. The van der Waals surface area contributed by atoms with Crippen molar-refractivity contribution in [3.05, 3.63) is 41.8 Å². The normalized spacial score (nSPS) is 16.6. The number of rotatable bonds is 5. The van der Waals surface area contributed by atoms with E-state index in [1.54, 1.807) is 18.0 Å². The van der Waals surface area contributed by atoms with E-state index in [0.29, 0.717) is 17.5 Å². The van der Waals surface area contributed by atoms with Crippen LogP contribution in [-0.2, 0) is 17.0 Å². The highest BCUT2D eigenvalue weighted by Gasteiger charge is 2.35. The van der Waals surface area contributed by atoms with Crippen molar-refractivity contribution >= 4 is 24.2 Å². The van der Waals surface area contributed by atoms with E-state index < -0.39 is 0 Å². The number of aromatic nitrogens is 3. The second kappa shape index (κ2) is 7.24. The second-order valence-electron chi connectivity index (χ2n) is 5.19. The smallest absolute Gasteiger partial charge is 0.236 e. The molecule has 2 heterocycles. The van der Waals surface area contributed by atoms with E-state index in [4.69, 9.17) is 10.3 Å². The first-order valence-electron chi connectivity index (χ1n) is 6.86. The quantitative estimate of drug-likeness (QED) is 0.909. The molecule has 114 valence electrons. The SMILES string of the molecule is Cl.NC1(c2noc(CSCc3ccccn3)n2)CCCC1. The van der Waals surface area contributed by atoms with Gasteiger partial charge in [0.05, 0.1) is 17.0 Å². The molecule has 21 heavy (non-hydrogen) atoms. The average molecular weight is 327 g/mol. The summed E-state index contributed by atoms with van der Waals surface area (Å²) in [7, 11) is 0. The summed E-state index contributed by atoms with van der Waals surface area (Å²) >= 11 is 1.71. The number of hydrogen-bond acceptors (Lipinski definition) is 6. The van der Waals surface area contributed by atoms with Gasteiger partial charge >= 0.3 is 0 Å². The highest BCUT2D eigenvalue weighted by Crippen LogP contribution is 2.34. The maximum atomic E-state index is 6.31. The van der Waals surface area contributed by atoms with Gasteiger partial charge in [-0.15, -0.1) is 24.2 Å². The third kappa shape index (κ3) is 3.96. The lowest BCUT2D eigenvalue weighted by Crippen LogP contribution is -2.34. The van der Waals surface area contributed by atoms with Gasteiger partial charge in [0.25, 0.3) is 0 Å². The molecule has 0 atom stereocenters. The lowest BCUT2D eigenvalue weighted by molar-refractivity contribution is 0.355. The summed E-state index contributed by atoms with van der Waals surface area (Å²) in [6.45, 7) is 0. The van der Waals surface area contributed by atoms with E-state index in [9.17, 15) is 0 Å². The van der Waals surface area contributed by atoms with Crippen LogP contribution in [0.2, 0.25) is 0 Å². The van der Waals surface area contributed by atoms with E-state index >= 15 is 0 Å². The van der Waals surface area contributed by atoms with Gasteiger partial charge in [-0.05, 0) is 25.0 Å². The van der Waals surface area contributed by atoms with E-state index in [0.717, 1.165) is 37.1 Å². The van der Waals surface area contributed by atoms with Crippen LogP contribution in [0.4, 0.5) is 0 Å². The van der Waals surface area contributed by atoms with Crippen LogP contribution in [-0.4, -0.2) is 15.1 Å². The fourth-order valence-electron chi connectivity index (χ4n) is 2.47. The van der Waals surface area contributed by atoms with Crippen LogP contribution in [0, 0.1) is 0 Å². The molecule has 2 aromatic heterocycles. The molecule has 1 saturated carbocycles. The van der Waals surface area contributed by atoms with Crippen molar-refractivity contribution in [1.82, 2.24) is 15.1 Å². The predicted molar refractivity (Wildman–Crippen MR) is 85.1 cm³/mol. The summed E-state index contributed by atoms with van der Waals surface area (Å²) in [6, 6.07) is 5.92. The van der Waals surface area contributed by atoms with Crippen molar-refractivity contribution in [2.75, 3.05) is 0 Å². The molecule has 1 aliphatic rings. The van der Waals surface area contributed by atoms with Gasteiger partial charge in [-0.3, -0.25) is 4.98 Å². The fraction of sp³-hybridized carbons (Fsp3) is 0.500. The maximum Gasteiger partial charge on any atom is 0.236 e. The molecule has 3 rings (SSSR count). The Hall–Kier alpha value is -1.11. The number of nitrogens with zero attached hydrogens (tertiary/aromatic N) is 3. The Bertz CT molecular complexity index is 557. The summed E-state index contributed by atoms with van der Waals surface area (Å²) < 4.78 is 5.30. The Morgan fingerprint density at radius 3 is 2.76 bits per heavy atom. The molecule has 0 spiro atoms. The lowest BCUT2D eigenvalue weighted by Gasteiger charge is -2.17. The first kappa shape index (κ1) is 16.3. The van der Waals surface area contributed by atoms with Crippen molar-refractivity contribution in [1.29, 1.82) is 0 Å². The number of thioether (sulfide) groups is 1. The van der Waals surface area contributed by atoms with Gasteiger partial charge in [-0.1, -0.05) is 24.1 Å². The molecule has 0 unspecified atom stereocenters. The Kier molecular flexibility index (Phi) is 5.61. The molecule has 0 saturated heterocycles. The van der Waals surface area contributed by atoms with Crippen LogP contribution in [0.15, 0.2) is 28.9 Å². The molecule has 2 N–H and O–H groups in total. The Labute approximate surface area is 134 Å². The monoisotopic (exact) mass is 326 g/mol. The van der Waals surface area contributed by atoms with E-state index in [-0.39, 0.29) is 17.9 Å². The molecule has 7 heteroatoms. The zero-order chi connectivity index (χ0) is 13.8. The highest BCUT2D eigenvalue weighted by atomic mass is 35.5. The minimum Gasteiger partial charge on any atom is -0.338 e. The van der Waals surface area contributed by atoms with E-state index in [1.807, 2.05) is 18.2 Å². The second-order valence-corrected chi connectivity index (χ2v) is 6.17. The minimum atomic E-state index is -0.368. The van der Waals surface area contributed by atoms with Gasteiger partial charge in [0.15, 0.2) is 5.82 Å². The summed E-state index contributed by atoms with van der Waals surface area (Å²) in [4.78, 5) is 8.73. The first-order valence-corrected chi connectivity index (χ1v) is 8.01. The molecule has 0 bridgehead atoms. The van der Waals surface area contributed by atoms with Gasteiger partial charge in [-0.25, -0.2) is 0 Å². The molecular formula is C14H19ClN4OS. The predicted octanol–water partition coefficient (Wildman–Crippen LogP) is 3.05. The van der Waals surface area contributed by atoms with Gasteiger partial charge in [0.2, 0.25) is 5.89 Å². The topological polar surface area (TPSA) is 77.8 Å². The van der Waals surface area contributed by atoms with Crippen molar-refractivity contribution in [3.63, 3.8) is 0 Å². The molecule has 2 aromatic rings. The molecule has 1 aliphatic carbocycles. The van der Waals surface area contributed by atoms with Gasteiger partial charge in [0.1, 0.15) is 0 Å².